The Morgan fingerprint density at radius 3 is 2.44 bits per heavy atom. The highest BCUT2D eigenvalue weighted by atomic mass is 16.5. The van der Waals surface area contributed by atoms with Crippen LogP contribution >= 0.6 is 0 Å². The number of carbonyl (C=O) groups is 1. The summed E-state index contributed by atoms with van der Waals surface area (Å²) in [4.78, 5) is 18.3. The van der Waals surface area contributed by atoms with Gasteiger partial charge in [0.2, 0.25) is 11.7 Å². The van der Waals surface area contributed by atoms with Crippen molar-refractivity contribution in [3.63, 3.8) is 0 Å². The smallest absolute Gasteiger partial charge is 0.260 e. The number of hydrogen-bond donors (Lipinski definition) is 0. The van der Waals surface area contributed by atoms with Gasteiger partial charge in [0.1, 0.15) is 12.3 Å². The van der Waals surface area contributed by atoms with Crippen molar-refractivity contribution in [1.82, 2.24) is 15.0 Å². The van der Waals surface area contributed by atoms with Crippen molar-refractivity contribution in [2.24, 2.45) is 0 Å². The zero-order valence-corrected chi connectivity index (χ0v) is 14.0. The van der Waals surface area contributed by atoms with Crippen molar-refractivity contribution in [2.75, 3.05) is 13.2 Å². The Morgan fingerprint density at radius 2 is 1.76 bits per heavy atom. The van der Waals surface area contributed by atoms with E-state index in [4.69, 9.17) is 9.26 Å². The highest BCUT2D eigenvalue weighted by molar-refractivity contribution is 5.77. The summed E-state index contributed by atoms with van der Waals surface area (Å²) in [7, 11) is 0. The molecule has 3 rings (SSSR count). The number of para-hydroxylation sites is 1. The molecule has 0 aliphatic rings. The maximum Gasteiger partial charge on any atom is 0.260 e. The van der Waals surface area contributed by atoms with Crippen LogP contribution in [0.2, 0.25) is 0 Å². The molecule has 0 saturated heterocycles. The normalized spacial score (nSPS) is 10.4. The second-order valence-electron chi connectivity index (χ2n) is 5.39. The quantitative estimate of drug-likeness (QED) is 0.662. The monoisotopic (exact) mass is 337 g/mol. The molecule has 0 bridgehead atoms. The first kappa shape index (κ1) is 16.7. The molecule has 2 aromatic carbocycles. The van der Waals surface area contributed by atoms with E-state index in [1.54, 1.807) is 4.90 Å². The standard InChI is InChI=1S/C19H19N3O3/c1-2-22(18(23)14-24-16-11-7-4-8-12-16)13-17-20-19(21-25-17)15-9-5-3-6-10-15/h3-12H,2,13-14H2,1H3. The average Bonchev–Trinajstić information content (AvgIpc) is 3.14. The minimum absolute atomic E-state index is 0.0302. The molecule has 128 valence electrons. The molecule has 0 N–H and O–H groups in total. The number of ether oxygens (including phenoxy) is 1. The van der Waals surface area contributed by atoms with E-state index in [9.17, 15) is 4.79 Å². The van der Waals surface area contributed by atoms with Crippen LogP contribution in [0.5, 0.6) is 5.75 Å². The Bertz CT molecular complexity index is 803. The Hall–Kier alpha value is -3.15. The average molecular weight is 337 g/mol. The lowest BCUT2D eigenvalue weighted by molar-refractivity contribution is -0.134. The van der Waals surface area contributed by atoms with Crippen LogP contribution in [-0.2, 0) is 11.3 Å². The molecule has 1 amide bonds. The molecule has 0 atom stereocenters. The van der Waals surface area contributed by atoms with Crippen molar-refractivity contribution in [3.8, 4) is 17.1 Å². The number of rotatable bonds is 7. The first-order valence-corrected chi connectivity index (χ1v) is 8.10. The molecule has 1 heterocycles. The Balaban J connectivity index is 1.60. The predicted molar refractivity (Wildman–Crippen MR) is 92.8 cm³/mol. The molecule has 6 heteroatoms. The van der Waals surface area contributed by atoms with E-state index >= 15 is 0 Å². The molecule has 6 nitrogen and oxygen atoms in total. The summed E-state index contributed by atoms with van der Waals surface area (Å²) in [5.41, 5.74) is 0.874. The molecule has 0 aliphatic carbocycles. The summed E-state index contributed by atoms with van der Waals surface area (Å²) in [6.45, 7) is 2.65. The fraction of sp³-hybridized carbons (Fsp3) is 0.211. The lowest BCUT2D eigenvalue weighted by Crippen LogP contribution is -2.34. The van der Waals surface area contributed by atoms with Crippen LogP contribution in [0.25, 0.3) is 11.4 Å². The van der Waals surface area contributed by atoms with Crippen LogP contribution < -0.4 is 4.74 Å². The molecule has 0 aliphatic heterocycles. The third kappa shape index (κ3) is 4.44. The second kappa shape index (κ2) is 8.10. The number of nitrogens with zero attached hydrogens (tertiary/aromatic N) is 3. The van der Waals surface area contributed by atoms with Crippen LogP contribution in [-0.4, -0.2) is 34.1 Å². The first-order chi connectivity index (χ1) is 12.3. The fourth-order valence-corrected chi connectivity index (χ4v) is 2.32. The second-order valence-corrected chi connectivity index (χ2v) is 5.39. The third-order valence-electron chi connectivity index (χ3n) is 3.67. The summed E-state index contributed by atoms with van der Waals surface area (Å²) < 4.78 is 10.8. The molecule has 0 saturated carbocycles. The van der Waals surface area contributed by atoms with Crippen molar-refractivity contribution in [1.29, 1.82) is 0 Å². The molecule has 0 spiro atoms. The van der Waals surface area contributed by atoms with E-state index in [-0.39, 0.29) is 19.1 Å². The Kier molecular flexibility index (Phi) is 5.41. The third-order valence-corrected chi connectivity index (χ3v) is 3.67. The summed E-state index contributed by atoms with van der Waals surface area (Å²) in [5.74, 6) is 1.44. The number of likely N-dealkylation sites (N-methyl/N-ethyl adjacent to an activating group) is 1. The van der Waals surface area contributed by atoms with E-state index in [0.717, 1.165) is 5.56 Å². The van der Waals surface area contributed by atoms with Gasteiger partial charge in [-0.25, -0.2) is 0 Å². The molecule has 0 unspecified atom stereocenters. The van der Waals surface area contributed by atoms with Gasteiger partial charge >= 0.3 is 0 Å². The van der Waals surface area contributed by atoms with Gasteiger partial charge in [0.05, 0.1) is 0 Å². The van der Waals surface area contributed by atoms with Crippen molar-refractivity contribution in [3.05, 3.63) is 66.6 Å². The van der Waals surface area contributed by atoms with Gasteiger partial charge in [-0.2, -0.15) is 4.98 Å². The van der Waals surface area contributed by atoms with Crippen molar-refractivity contribution < 1.29 is 14.1 Å². The Labute approximate surface area is 146 Å². The number of benzene rings is 2. The summed E-state index contributed by atoms with van der Waals surface area (Å²) in [6.07, 6.45) is 0. The summed E-state index contributed by atoms with van der Waals surface area (Å²) >= 11 is 0. The fourth-order valence-electron chi connectivity index (χ4n) is 2.32. The first-order valence-electron chi connectivity index (χ1n) is 8.10. The summed E-state index contributed by atoms with van der Waals surface area (Å²) in [6, 6.07) is 18.8. The molecular formula is C19H19N3O3. The van der Waals surface area contributed by atoms with Gasteiger partial charge < -0.3 is 14.2 Å². The van der Waals surface area contributed by atoms with Gasteiger partial charge in [0.25, 0.3) is 5.91 Å². The van der Waals surface area contributed by atoms with Crippen molar-refractivity contribution >= 4 is 5.91 Å². The highest BCUT2D eigenvalue weighted by Crippen LogP contribution is 2.16. The van der Waals surface area contributed by atoms with E-state index in [0.29, 0.717) is 24.0 Å². The van der Waals surface area contributed by atoms with E-state index in [1.807, 2.05) is 67.6 Å². The zero-order chi connectivity index (χ0) is 17.5. The van der Waals surface area contributed by atoms with Crippen LogP contribution in [0.4, 0.5) is 0 Å². The largest absolute Gasteiger partial charge is 0.484 e. The topological polar surface area (TPSA) is 68.5 Å². The molecule has 1 aromatic heterocycles. The molecule has 25 heavy (non-hydrogen) atoms. The van der Waals surface area contributed by atoms with Gasteiger partial charge in [0.15, 0.2) is 6.61 Å². The molecule has 0 radical (unpaired) electrons. The lowest BCUT2D eigenvalue weighted by Gasteiger charge is -2.18. The maximum absolute atomic E-state index is 12.3. The molecule has 0 fully saturated rings. The van der Waals surface area contributed by atoms with Crippen molar-refractivity contribution in [2.45, 2.75) is 13.5 Å². The van der Waals surface area contributed by atoms with Gasteiger partial charge in [-0.1, -0.05) is 53.7 Å². The molecule has 3 aromatic rings. The van der Waals surface area contributed by atoms with Gasteiger partial charge in [-0.15, -0.1) is 0 Å². The predicted octanol–water partition coefficient (Wildman–Crippen LogP) is 3.16. The number of aromatic nitrogens is 2. The van der Waals surface area contributed by atoms with Crippen LogP contribution in [0.1, 0.15) is 12.8 Å². The minimum Gasteiger partial charge on any atom is -0.484 e. The Morgan fingerprint density at radius 1 is 1.08 bits per heavy atom. The molecular weight excluding hydrogens is 318 g/mol. The van der Waals surface area contributed by atoms with Gasteiger partial charge in [0, 0.05) is 12.1 Å². The van der Waals surface area contributed by atoms with Crippen LogP contribution in [0.15, 0.2) is 65.2 Å². The maximum atomic E-state index is 12.3. The van der Waals surface area contributed by atoms with Gasteiger partial charge in [-0.3, -0.25) is 4.79 Å². The van der Waals surface area contributed by atoms with Crippen LogP contribution in [0.3, 0.4) is 0 Å². The van der Waals surface area contributed by atoms with E-state index < -0.39 is 0 Å². The lowest BCUT2D eigenvalue weighted by atomic mass is 10.2. The number of amides is 1. The van der Waals surface area contributed by atoms with E-state index in [1.165, 1.54) is 0 Å². The number of carbonyl (C=O) groups excluding carboxylic acids is 1. The summed E-state index contributed by atoms with van der Waals surface area (Å²) in [5, 5.41) is 3.97. The van der Waals surface area contributed by atoms with Gasteiger partial charge in [-0.05, 0) is 19.1 Å². The van der Waals surface area contributed by atoms with Crippen LogP contribution in [0, 0.1) is 0 Å². The minimum atomic E-state index is -0.134. The highest BCUT2D eigenvalue weighted by Gasteiger charge is 2.17. The zero-order valence-electron chi connectivity index (χ0n) is 14.0. The van der Waals surface area contributed by atoms with E-state index in [2.05, 4.69) is 10.1 Å². The number of hydrogen-bond acceptors (Lipinski definition) is 5. The SMILES string of the molecule is CCN(Cc1nc(-c2ccccc2)no1)C(=O)COc1ccccc1.